The van der Waals surface area contributed by atoms with Crippen molar-refractivity contribution >= 4 is 11.6 Å². The lowest BCUT2D eigenvalue weighted by molar-refractivity contribution is -0.114. The molecule has 0 spiro atoms. The monoisotopic (exact) mass is 301 g/mol. The van der Waals surface area contributed by atoms with E-state index in [1.807, 2.05) is 62.7 Å². The molecule has 1 N–H and O–H groups in total. The van der Waals surface area contributed by atoms with E-state index in [4.69, 9.17) is 0 Å². The molecule has 1 heterocycles. The Bertz CT molecular complexity index is 734. The highest BCUT2D eigenvalue weighted by atomic mass is 16.2. The van der Waals surface area contributed by atoms with Gasteiger partial charge in [-0.15, -0.1) is 0 Å². The fourth-order valence-corrected chi connectivity index (χ4v) is 2.65. The molecule has 0 aliphatic heterocycles. The maximum Gasteiger partial charge on any atom is 0.291 e. The van der Waals surface area contributed by atoms with Crippen LogP contribution >= 0.6 is 0 Å². The maximum atomic E-state index is 12.7. The summed E-state index contributed by atoms with van der Waals surface area (Å²) in [4.78, 5) is 24.2. The standard InChI is InChI=1S/C17H23N3O2/c1-6-19-16(22)14(18-12(2)21)15(17(3,4)5)20(19)13-10-8-7-9-11-13/h7-11H,6H2,1-5H3,(H,18,21). The topological polar surface area (TPSA) is 56.0 Å². The number of carbonyl (C=O) groups excluding carboxylic acids is 1. The van der Waals surface area contributed by atoms with Crippen LogP contribution in [0.5, 0.6) is 0 Å². The summed E-state index contributed by atoms with van der Waals surface area (Å²) in [6.45, 7) is 9.97. The van der Waals surface area contributed by atoms with Crippen molar-refractivity contribution < 1.29 is 4.79 Å². The highest BCUT2D eigenvalue weighted by molar-refractivity contribution is 5.89. The molecule has 0 bridgehead atoms. The number of nitrogens with one attached hydrogen (secondary N) is 1. The molecule has 0 radical (unpaired) electrons. The Morgan fingerprint density at radius 1 is 1.18 bits per heavy atom. The van der Waals surface area contributed by atoms with Crippen LogP contribution in [0.25, 0.3) is 5.69 Å². The molecule has 1 aromatic carbocycles. The summed E-state index contributed by atoms with van der Waals surface area (Å²) in [6.07, 6.45) is 0. The first-order valence-corrected chi connectivity index (χ1v) is 7.46. The minimum atomic E-state index is -0.298. The number of carbonyl (C=O) groups is 1. The molecule has 1 amide bonds. The van der Waals surface area contributed by atoms with Gasteiger partial charge >= 0.3 is 0 Å². The van der Waals surface area contributed by atoms with Gasteiger partial charge in [0.25, 0.3) is 5.56 Å². The SMILES string of the molecule is CCn1c(=O)c(NC(C)=O)c(C(C)(C)C)n1-c1ccccc1. The summed E-state index contributed by atoms with van der Waals surface area (Å²) in [7, 11) is 0. The molecule has 0 aliphatic carbocycles. The summed E-state index contributed by atoms with van der Waals surface area (Å²) < 4.78 is 3.56. The van der Waals surface area contributed by atoms with Gasteiger partial charge in [-0.1, -0.05) is 39.0 Å². The van der Waals surface area contributed by atoms with Crippen molar-refractivity contribution in [2.24, 2.45) is 0 Å². The summed E-state index contributed by atoms with van der Waals surface area (Å²) >= 11 is 0. The third-order valence-electron chi connectivity index (χ3n) is 3.45. The van der Waals surface area contributed by atoms with Crippen molar-refractivity contribution in [2.75, 3.05) is 5.32 Å². The average molecular weight is 301 g/mol. The lowest BCUT2D eigenvalue weighted by Crippen LogP contribution is -2.24. The third kappa shape index (κ3) is 2.84. The van der Waals surface area contributed by atoms with Gasteiger partial charge in [0.1, 0.15) is 5.69 Å². The molecule has 0 saturated carbocycles. The van der Waals surface area contributed by atoms with Gasteiger partial charge in [-0.2, -0.15) is 0 Å². The van der Waals surface area contributed by atoms with Gasteiger partial charge in [-0.05, 0) is 19.1 Å². The molecule has 0 atom stereocenters. The quantitative estimate of drug-likeness (QED) is 0.947. The van der Waals surface area contributed by atoms with Crippen LogP contribution in [0.15, 0.2) is 35.1 Å². The normalized spacial score (nSPS) is 11.5. The average Bonchev–Trinajstić information content (AvgIpc) is 2.72. The Morgan fingerprint density at radius 3 is 2.23 bits per heavy atom. The molecule has 2 rings (SSSR count). The van der Waals surface area contributed by atoms with E-state index in [9.17, 15) is 9.59 Å². The Labute approximate surface area is 130 Å². The Balaban J connectivity index is 2.87. The predicted octanol–water partition coefficient (Wildman–Crippen LogP) is 2.91. The molecule has 5 heteroatoms. The zero-order chi connectivity index (χ0) is 16.5. The van der Waals surface area contributed by atoms with E-state index in [0.29, 0.717) is 12.2 Å². The van der Waals surface area contributed by atoms with E-state index in [-0.39, 0.29) is 16.9 Å². The van der Waals surface area contributed by atoms with Crippen molar-refractivity contribution in [2.45, 2.75) is 46.6 Å². The molecule has 0 fully saturated rings. The summed E-state index contributed by atoms with van der Waals surface area (Å²) in [5, 5.41) is 2.72. The molecular weight excluding hydrogens is 278 g/mol. The van der Waals surface area contributed by atoms with Crippen LogP contribution in [0.2, 0.25) is 0 Å². The molecule has 2 aromatic rings. The van der Waals surface area contributed by atoms with Gasteiger partial charge < -0.3 is 5.32 Å². The van der Waals surface area contributed by atoms with Crippen molar-refractivity contribution in [3.8, 4) is 5.69 Å². The first kappa shape index (κ1) is 16.1. The maximum absolute atomic E-state index is 12.7. The van der Waals surface area contributed by atoms with Crippen molar-refractivity contribution in [1.82, 2.24) is 9.36 Å². The first-order valence-electron chi connectivity index (χ1n) is 7.46. The van der Waals surface area contributed by atoms with Gasteiger partial charge in [0.15, 0.2) is 0 Å². The largest absolute Gasteiger partial charge is 0.320 e. The van der Waals surface area contributed by atoms with Crippen LogP contribution in [0, 0.1) is 0 Å². The summed E-state index contributed by atoms with van der Waals surface area (Å²) in [6, 6.07) is 9.72. The van der Waals surface area contributed by atoms with Crippen molar-refractivity contribution in [3.63, 3.8) is 0 Å². The highest BCUT2D eigenvalue weighted by Crippen LogP contribution is 2.30. The summed E-state index contributed by atoms with van der Waals surface area (Å²) in [5.41, 5.74) is 1.61. The van der Waals surface area contributed by atoms with Crippen LogP contribution in [0.3, 0.4) is 0 Å². The molecule has 1 aromatic heterocycles. The number of para-hydroxylation sites is 1. The Kier molecular flexibility index (Phi) is 4.26. The van der Waals surface area contributed by atoms with E-state index < -0.39 is 0 Å². The number of hydrogen-bond acceptors (Lipinski definition) is 2. The second-order valence-electron chi connectivity index (χ2n) is 6.32. The first-order chi connectivity index (χ1) is 10.3. The van der Waals surface area contributed by atoms with Crippen LogP contribution in [0.1, 0.15) is 40.3 Å². The van der Waals surface area contributed by atoms with E-state index in [1.165, 1.54) is 6.92 Å². The second-order valence-corrected chi connectivity index (χ2v) is 6.32. The lowest BCUT2D eigenvalue weighted by Gasteiger charge is -2.24. The van der Waals surface area contributed by atoms with Gasteiger partial charge in [0.2, 0.25) is 5.91 Å². The smallest absolute Gasteiger partial charge is 0.291 e. The van der Waals surface area contributed by atoms with Gasteiger partial charge in [-0.3, -0.25) is 14.3 Å². The molecule has 5 nitrogen and oxygen atoms in total. The van der Waals surface area contributed by atoms with Gasteiger partial charge in [0, 0.05) is 18.9 Å². The zero-order valence-corrected chi connectivity index (χ0v) is 13.8. The number of hydrogen-bond donors (Lipinski definition) is 1. The molecule has 0 aliphatic rings. The van der Waals surface area contributed by atoms with E-state index >= 15 is 0 Å². The van der Waals surface area contributed by atoms with Gasteiger partial charge in [0.05, 0.1) is 11.4 Å². The van der Waals surface area contributed by atoms with Crippen molar-refractivity contribution in [1.29, 1.82) is 0 Å². The number of aromatic nitrogens is 2. The number of benzene rings is 1. The lowest BCUT2D eigenvalue weighted by atomic mass is 9.90. The third-order valence-corrected chi connectivity index (χ3v) is 3.45. The van der Waals surface area contributed by atoms with Crippen LogP contribution < -0.4 is 10.9 Å². The molecule has 0 saturated heterocycles. The molecular formula is C17H23N3O2. The second kappa shape index (κ2) is 5.83. The molecule has 0 unspecified atom stereocenters. The highest BCUT2D eigenvalue weighted by Gasteiger charge is 2.29. The number of anilines is 1. The molecule has 22 heavy (non-hydrogen) atoms. The van der Waals surface area contributed by atoms with E-state index in [2.05, 4.69) is 5.32 Å². The minimum Gasteiger partial charge on any atom is -0.320 e. The van der Waals surface area contributed by atoms with E-state index in [0.717, 1.165) is 11.4 Å². The van der Waals surface area contributed by atoms with Crippen LogP contribution in [-0.2, 0) is 16.8 Å². The van der Waals surface area contributed by atoms with E-state index in [1.54, 1.807) is 4.68 Å². The number of rotatable bonds is 3. The zero-order valence-electron chi connectivity index (χ0n) is 13.8. The fourth-order valence-electron chi connectivity index (χ4n) is 2.65. The Morgan fingerprint density at radius 2 is 1.77 bits per heavy atom. The molecule has 118 valence electrons. The van der Waals surface area contributed by atoms with Crippen LogP contribution in [-0.4, -0.2) is 15.3 Å². The van der Waals surface area contributed by atoms with Gasteiger partial charge in [-0.25, -0.2) is 4.68 Å². The number of nitrogens with zero attached hydrogens (tertiary/aromatic N) is 2. The minimum absolute atomic E-state index is 0.175. The number of amides is 1. The van der Waals surface area contributed by atoms with Crippen LogP contribution in [0.4, 0.5) is 5.69 Å². The predicted molar refractivity (Wildman–Crippen MR) is 88.7 cm³/mol. The summed E-state index contributed by atoms with van der Waals surface area (Å²) in [5.74, 6) is -0.240. The van der Waals surface area contributed by atoms with Crippen molar-refractivity contribution in [3.05, 3.63) is 46.4 Å². The fraction of sp³-hybridized carbons (Fsp3) is 0.412. The Hall–Kier alpha value is -2.30.